The van der Waals surface area contributed by atoms with Crippen LogP contribution in [0.1, 0.15) is 12.0 Å². The minimum absolute atomic E-state index is 0.0940. The lowest BCUT2D eigenvalue weighted by Crippen LogP contribution is -2.37. The Hall–Kier alpha value is -1.81. The van der Waals surface area contributed by atoms with Gasteiger partial charge in [-0.3, -0.25) is 9.69 Å². The van der Waals surface area contributed by atoms with Gasteiger partial charge in [0.15, 0.2) is 15.0 Å². The number of thiazole rings is 1. The van der Waals surface area contributed by atoms with Gasteiger partial charge in [-0.05, 0) is 51.4 Å². The van der Waals surface area contributed by atoms with Gasteiger partial charge in [0.1, 0.15) is 0 Å². The van der Waals surface area contributed by atoms with Gasteiger partial charge in [0.05, 0.1) is 20.9 Å². The molecule has 0 bridgehead atoms. The number of hydrogen-bond acceptors (Lipinski definition) is 6. The molecule has 0 radical (unpaired) electrons. The van der Waals surface area contributed by atoms with Crippen LogP contribution in [0.5, 0.6) is 0 Å². The van der Waals surface area contributed by atoms with E-state index >= 15 is 0 Å². The van der Waals surface area contributed by atoms with Crippen LogP contribution in [-0.4, -0.2) is 57.1 Å². The summed E-state index contributed by atoms with van der Waals surface area (Å²) in [5.41, 5.74) is 1.80. The molecule has 0 atom stereocenters. The van der Waals surface area contributed by atoms with Crippen LogP contribution in [0.3, 0.4) is 0 Å². The van der Waals surface area contributed by atoms with Crippen LogP contribution in [-0.2, 0) is 14.6 Å². The molecule has 1 heterocycles. The number of rotatable bonds is 8. The Morgan fingerprint density at radius 1 is 1.10 bits per heavy atom. The van der Waals surface area contributed by atoms with Crippen molar-refractivity contribution in [3.8, 4) is 0 Å². The Balaban J connectivity index is 1.80. The lowest BCUT2D eigenvalue weighted by molar-refractivity contribution is -0.118. The highest BCUT2D eigenvalue weighted by Gasteiger charge is 2.23. The second-order valence-corrected chi connectivity index (χ2v) is 11.4. The monoisotopic (exact) mass is 509 g/mol. The first kappa shape index (κ1) is 22.9. The highest BCUT2D eigenvalue weighted by Crippen LogP contribution is 2.31. The molecule has 1 amide bonds. The minimum atomic E-state index is -3.53. The number of carbonyl (C=O) groups excluding carboxylic acids is 1. The number of hydrogen-bond donors (Lipinski definition) is 0. The van der Waals surface area contributed by atoms with E-state index in [4.69, 9.17) is 0 Å². The Morgan fingerprint density at radius 3 is 2.47 bits per heavy atom. The van der Waals surface area contributed by atoms with E-state index in [0.29, 0.717) is 18.2 Å². The van der Waals surface area contributed by atoms with Gasteiger partial charge >= 0.3 is 0 Å². The van der Waals surface area contributed by atoms with Crippen LogP contribution in [0.2, 0.25) is 0 Å². The van der Waals surface area contributed by atoms with E-state index in [0.717, 1.165) is 20.3 Å². The number of anilines is 1. The Bertz CT molecular complexity index is 1140. The summed E-state index contributed by atoms with van der Waals surface area (Å²) in [5.74, 6) is -0.477. The maximum Gasteiger partial charge on any atom is 0.229 e. The first-order chi connectivity index (χ1) is 14.2. The van der Waals surface area contributed by atoms with Gasteiger partial charge in [-0.25, -0.2) is 13.4 Å². The van der Waals surface area contributed by atoms with Crippen molar-refractivity contribution < 1.29 is 13.2 Å². The molecule has 0 saturated carbocycles. The second kappa shape index (κ2) is 9.55. The molecular formula is C21H24BrN3O3S2. The molecule has 160 valence electrons. The Kier molecular flexibility index (Phi) is 7.28. The van der Waals surface area contributed by atoms with Gasteiger partial charge in [0.25, 0.3) is 0 Å². The normalized spacial score (nSPS) is 11.9. The second-order valence-electron chi connectivity index (χ2n) is 7.34. The maximum absolute atomic E-state index is 13.0. The lowest BCUT2D eigenvalue weighted by Gasteiger charge is -2.22. The van der Waals surface area contributed by atoms with Crippen molar-refractivity contribution in [2.75, 3.05) is 37.8 Å². The van der Waals surface area contributed by atoms with E-state index in [-0.39, 0.29) is 23.0 Å². The van der Waals surface area contributed by atoms with Crippen molar-refractivity contribution in [1.82, 2.24) is 9.88 Å². The van der Waals surface area contributed by atoms with Crippen LogP contribution in [0.4, 0.5) is 5.13 Å². The molecule has 0 N–H and O–H groups in total. The van der Waals surface area contributed by atoms with Crippen LogP contribution in [0, 0.1) is 6.92 Å². The molecule has 2 aromatic carbocycles. The summed E-state index contributed by atoms with van der Waals surface area (Å²) in [6.45, 7) is 2.99. The molecule has 9 heteroatoms. The first-order valence-electron chi connectivity index (χ1n) is 9.46. The smallest absolute Gasteiger partial charge is 0.229 e. The first-order valence-corrected chi connectivity index (χ1v) is 12.7. The highest BCUT2D eigenvalue weighted by atomic mass is 79.9. The summed E-state index contributed by atoms with van der Waals surface area (Å²) in [6, 6.07) is 12.5. The molecule has 3 rings (SSSR count). The number of aryl methyl sites for hydroxylation is 1. The van der Waals surface area contributed by atoms with Gasteiger partial charge in [-0.15, -0.1) is 0 Å². The number of fused-ring (bicyclic) bond motifs is 1. The van der Waals surface area contributed by atoms with E-state index in [2.05, 4.69) is 20.9 Å². The van der Waals surface area contributed by atoms with Crippen molar-refractivity contribution in [1.29, 1.82) is 0 Å². The summed E-state index contributed by atoms with van der Waals surface area (Å²) >= 11 is 4.88. The Labute approximate surface area is 189 Å². The summed E-state index contributed by atoms with van der Waals surface area (Å²) in [4.78, 5) is 21.5. The lowest BCUT2D eigenvalue weighted by atomic mass is 10.2. The largest absolute Gasteiger partial charge is 0.308 e. The SMILES string of the molecule is Cc1ccc(S(=O)(=O)CCC(=O)N(CCN(C)C)c2nc3ccc(Br)cc3s2)cc1. The number of nitrogens with zero attached hydrogens (tertiary/aromatic N) is 3. The number of benzene rings is 2. The zero-order valence-electron chi connectivity index (χ0n) is 17.1. The fourth-order valence-corrected chi connectivity index (χ4v) is 5.64. The summed E-state index contributed by atoms with van der Waals surface area (Å²) in [5, 5.41) is 0.586. The summed E-state index contributed by atoms with van der Waals surface area (Å²) in [7, 11) is 0.331. The van der Waals surface area contributed by atoms with E-state index in [1.54, 1.807) is 29.2 Å². The average molecular weight is 510 g/mol. The van der Waals surface area contributed by atoms with Crippen LogP contribution in [0.25, 0.3) is 10.2 Å². The van der Waals surface area contributed by atoms with Crippen LogP contribution in [0.15, 0.2) is 51.8 Å². The third-order valence-electron chi connectivity index (χ3n) is 4.61. The number of aromatic nitrogens is 1. The highest BCUT2D eigenvalue weighted by molar-refractivity contribution is 9.10. The molecule has 0 fully saturated rings. The molecule has 0 unspecified atom stereocenters. The minimum Gasteiger partial charge on any atom is -0.308 e. The van der Waals surface area contributed by atoms with Gasteiger partial charge in [0, 0.05) is 24.0 Å². The summed E-state index contributed by atoms with van der Waals surface area (Å²) in [6.07, 6.45) is -0.0940. The topological polar surface area (TPSA) is 70.6 Å². The zero-order valence-corrected chi connectivity index (χ0v) is 20.3. The molecule has 30 heavy (non-hydrogen) atoms. The van der Waals surface area contributed by atoms with Crippen LogP contribution < -0.4 is 4.90 Å². The average Bonchev–Trinajstić information content (AvgIpc) is 3.09. The predicted molar refractivity (Wildman–Crippen MR) is 126 cm³/mol. The molecule has 6 nitrogen and oxygen atoms in total. The molecule has 3 aromatic rings. The number of carbonyl (C=O) groups is 1. The summed E-state index contributed by atoms with van der Waals surface area (Å²) < 4.78 is 27.2. The number of amides is 1. The van der Waals surface area contributed by atoms with E-state index in [9.17, 15) is 13.2 Å². The number of halogens is 1. The molecule has 0 aliphatic rings. The van der Waals surface area contributed by atoms with Crippen LogP contribution >= 0.6 is 27.3 Å². The molecule has 0 aliphatic heterocycles. The molecule has 0 saturated heterocycles. The van der Waals surface area contributed by atoms with Crippen molar-refractivity contribution >= 4 is 58.4 Å². The molecular weight excluding hydrogens is 486 g/mol. The zero-order chi connectivity index (χ0) is 21.9. The van der Waals surface area contributed by atoms with Gasteiger partial charge in [-0.1, -0.05) is 45.0 Å². The van der Waals surface area contributed by atoms with Crippen molar-refractivity contribution in [2.24, 2.45) is 0 Å². The molecule has 0 spiro atoms. The van der Waals surface area contributed by atoms with Crippen molar-refractivity contribution in [3.05, 3.63) is 52.5 Å². The predicted octanol–water partition coefficient (Wildman–Crippen LogP) is 4.13. The number of likely N-dealkylation sites (N-methyl/N-ethyl adjacent to an activating group) is 1. The van der Waals surface area contributed by atoms with E-state index in [1.807, 2.05) is 44.1 Å². The quantitative estimate of drug-likeness (QED) is 0.456. The number of sulfone groups is 1. The van der Waals surface area contributed by atoms with Gasteiger partial charge in [0.2, 0.25) is 5.91 Å². The fraction of sp³-hybridized carbons (Fsp3) is 0.333. The van der Waals surface area contributed by atoms with Crippen molar-refractivity contribution in [3.63, 3.8) is 0 Å². The standard InChI is InChI=1S/C21H24BrN3O3S2/c1-15-4-7-17(8-5-15)30(27,28)13-10-20(26)25(12-11-24(2)3)21-23-18-9-6-16(22)14-19(18)29-21/h4-9,14H,10-13H2,1-3H3. The van der Waals surface area contributed by atoms with Gasteiger partial charge < -0.3 is 4.90 Å². The third-order valence-corrected chi connectivity index (χ3v) is 7.87. The fourth-order valence-electron chi connectivity index (χ4n) is 2.85. The van der Waals surface area contributed by atoms with E-state index in [1.165, 1.54) is 11.3 Å². The molecule has 0 aliphatic carbocycles. The Morgan fingerprint density at radius 2 is 1.80 bits per heavy atom. The maximum atomic E-state index is 13.0. The van der Waals surface area contributed by atoms with Gasteiger partial charge in [-0.2, -0.15) is 0 Å². The van der Waals surface area contributed by atoms with E-state index < -0.39 is 9.84 Å². The third kappa shape index (κ3) is 5.66. The van der Waals surface area contributed by atoms with Crippen molar-refractivity contribution in [2.45, 2.75) is 18.2 Å². The molecule has 1 aromatic heterocycles.